The average Bonchev–Trinajstić information content (AvgIpc) is 2.95. The predicted octanol–water partition coefficient (Wildman–Crippen LogP) is 4.49. The maximum absolute atomic E-state index is 11.5. The quantitative estimate of drug-likeness (QED) is 0.594. The van der Waals surface area contributed by atoms with Crippen LogP contribution in [0, 0.1) is 29.6 Å². The normalized spacial score (nSPS) is 34.8. The zero-order valence-electron chi connectivity index (χ0n) is 15.8. The van der Waals surface area contributed by atoms with Crippen molar-refractivity contribution in [3.05, 3.63) is 29.3 Å². The summed E-state index contributed by atoms with van der Waals surface area (Å²) in [5.74, 6) is 5.29. The van der Waals surface area contributed by atoms with Crippen LogP contribution in [0.2, 0.25) is 0 Å². The van der Waals surface area contributed by atoms with Crippen LogP contribution in [0.1, 0.15) is 63.0 Å². The molecule has 0 N–H and O–H groups in total. The Kier molecular flexibility index (Phi) is 4.47. The zero-order valence-corrected chi connectivity index (χ0v) is 15.8. The van der Waals surface area contributed by atoms with E-state index in [-0.39, 0.29) is 17.5 Å². The van der Waals surface area contributed by atoms with E-state index in [2.05, 4.69) is 31.0 Å². The summed E-state index contributed by atoms with van der Waals surface area (Å²) in [6, 6.07) is 6.52. The lowest BCUT2D eigenvalue weighted by Crippen LogP contribution is -2.45. The zero-order chi connectivity index (χ0) is 18.3. The largest absolute Gasteiger partial charge is 0.481 e. The SMILES string of the molecule is C#CCOc1ccc2c(c1)CC[C@@H]1[C@@H]2CC[C@]2(C)[C@@H](OC(C)=O)CC[C@@H]12. The summed E-state index contributed by atoms with van der Waals surface area (Å²) in [6.07, 6.45) is 12.3. The van der Waals surface area contributed by atoms with Crippen LogP contribution in [0.5, 0.6) is 5.75 Å². The van der Waals surface area contributed by atoms with Crippen LogP contribution in [0.25, 0.3) is 0 Å². The molecule has 0 bridgehead atoms. The number of rotatable bonds is 3. The van der Waals surface area contributed by atoms with Gasteiger partial charge in [-0.15, -0.1) is 6.42 Å². The van der Waals surface area contributed by atoms with Crippen LogP contribution >= 0.6 is 0 Å². The number of carbonyl (C=O) groups is 1. The Bertz CT molecular complexity index is 746. The van der Waals surface area contributed by atoms with Crippen molar-refractivity contribution >= 4 is 5.97 Å². The number of terminal acetylenes is 1. The molecule has 2 fully saturated rings. The fourth-order valence-corrected chi connectivity index (χ4v) is 6.12. The van der Waals surface area contributed by atoms with E-state index in [1.165, 1.54) is 30.4 Å². The molecule has 0 aliphatic heterocycles. The predicted molar refractivity (Wildman–Crippen MR) is 101 cm³/mol. The molecule has 1 aromatic carbocycles. The Labute approximate surface area is 156 Å². The third-order valence-electron chi connectivity index (χ3n) is 7.24. The van der Waals surface area contributed by atoms with Crippen LogP contribution in [0.4, 0.5) is 0 Å². The minimum Gasteiger partial charge on any atom is -0.481 e. The Hall–Kier alpha value is -1.95. The Morgan fingerprint density at radius 2 is 2.15 bits per heavy atom. The molecular formula is C23H28O3. The molecule has 3 nitrogen and oxygen atoms in total. The minimum absolute atomic E-state index is 0.104. The van der Waals surface area contributed by atoms with E-state index in [4.69, 9.17) is 15.9 Å². The van der Waals surface area contributed by atoms with Crippen LogP contribution in [-0.2, 0) is 16.0 Å². The second kappa shape index (κ2) is 6.65. The molecule has 3 heteroatoms. The van der Waals surface area contributed by atoms with Gasteiger partial charge in [0.15, 0.2) is 0 Å². The van der Waals surface area contributed by atoms with E-state index in [0.717, 1.165) is 25.0 Å². The summed E-state index contributed by atoms with van der Waals surface area (Å²) in [4.78, 5) is 11.5. The number of carbonyl (C=O) groups excluding carboxylic acids is 1. The van der Waals surface area contributed by atoms with Crippen molar-refractivity contribution in [1.82, 2.24) is 0 Å². The second-order valence-electron chi connectivity index (χ2n) is 8.49. The first-order valence-corrected chi connectivity index (χ1v) is 9.89. The van der Waals surface area contributed by atoms with Crippen LogP contribution in [0.15, 0.2) is 18.2 Å². The van der Waals surface area contributed by atoms with Crippen molar-refractivity contribution in [2.75, 3.05) is 6.61 Å². The molecule has 1 aromatic rings. The van der Waals surface area contributed by atoms with Crippen molar-refractivity contribution in [3.8, 4) is 18.1 Å². The first-order chi connectivity index (χ1) is 12.5. The van der Waals surface area contributed by atoms with Gasteiger partial charge in [-0.2, -0.15) is 0 Å². The molecule has 3 aliphatic rings. The smallest absolute Gasteiger partial charge is 0.302 e. The van der Waals surface area contributed by atoms with E-state index in [0.29, 0.717) is 24.4 Å². The molecular weight excluding hydrogens is 324 g/mol. The van der Waals surface area contributed by atoms with Crippen molar-refractivity contribution in [1.29, 1.82) is 0 Å². The standard InChI is InChI=1S/C23H28O3/c1-4-13-25-17-6-8-18-16(14-17)5-7-20-19(18)11-12-23(3)21(20)9-10-22(23)26-15(2)24/h1,6,8,14,19-22H,5,7,9-13H2,2-3H3/t19-,20-,21+,22+,23+/m1/s1. The van der Waals surface area contributed by atoms with Gasteiger partial charge >= 0.3 is 5.97 Å². The molecule has 0 radical (unpaired) electrons. The van der Waals surface area contributed by atoms with Gasteiger partial charge in [-0.3, -0.25) is 4.79 Å². The summed E-state index contributed by atoms with van der Waals surface area (Å²) < 4.78 is 11.3. The number of benzene rings is 1. The molecule has 0 spiro atoms. The summed E-state index contributed by atoms with van der Waals surface area (Å²) in [7, 11) is 0. The van der Waals surface area contributed by atoms with Gasteiger partial charge in [-0.1, -0.05) is 18.9 Å². The number of ether oxygens (including phenoxy) is 2. The van der Waals surface area contributed by atoms with Gasteiger partial charge in [0, 0.05) is 12.3 Å². The fraction of sp³-hybridized carbons (Fsp3) is 0.609. The second-order valence-corrected chi connectivity index (χ2v) is 8.49. The highest BCUT2D eigenvalue weighted by atomic mass is 16.5. The van der Waals surface area contributed by atoms with Gasteiger partial charge in [0.05, 0.1) is 0 Å². The lowest BCUT2D eigenvalue weighted by atomic mass is 9.55. The monoisotopic (exact) mass is 352 g/mol. The molecule has 3 aliphatic carbocycles. The summed E-state index contributed by atoms with van der Waals surface area (Å²) >= 11 is 0. The molecule has 0 unspecified atom stereocenters. The van der Waals surface area contributed by atoms with Gasteiger partial charge in [-0.05, 0) is 79.5 Å². The highest BCUT2D eigenvalue weighted by molar-refractivity contribution is 5.66. The summed E-state index contributed by atoms with van der Waals surface area (Å²) in [5, 5.41) is 0. The number of fused-ring (bicyclic) bond motifs is 5. The molecule has 26 heavy (non-hydrogen) atoms. The Morgan fingerprint density at radius 1 is 1.31 bits per heavy atom. The molecule has 138 valence electrons. The van der Waals surface area contributed by atoms with Gasteiger partial charge in [-0.25, -0.2) is 0 Å². The van der Waals surface area contributed by atoms with Crippen LogP contribution in [-0.4, -0.2) is 18.7 Å². The lowest BCUT2D eigenvalue weighted by molar-refractivity contribution is -0.154. The fourth-order valence-electron chi connectivity index (χ4n) is 6.12. The molecule has 4 rings (SSSR count). The van der Waals surface area contributed by atoms with E-state index < -0.39 is 0 Å². The van der Waals surface area contributed by atoms with Crippen molar-refractivity contribution in [2.45, 2.75) is 64.4 Å². The molecule has 2 saturated carbocycles. The maximum atomic E-state index is 11.5. The lowest BCUT2D eigenvalue weighted by Gasteiger charge is -2.50. The average molecular weight is 352 g/mol. The van der Waals surface area contributed by atoms with Crippen molar-refractivity contribution in [2.24, 2.45) is 17.3 Å². The Morgan fingerprint density at radius 3 is 2.92 bits per heavy atom. The van der Waals surface area contributed by atoms with Gasteiger partial charge in [0.1, 0.15) is 18.5 Å². The van der Waals surface area contributed by atoms with Gasteiger partial charge in [0.25, 0.3) is 0 Å². The minimum atomic E-state index is -0.132. The molecule has 0 amide bonds. The number of aryl methyl sites for hydroxylation is 1. The summed E-state index contributed by atoms with van der Waals surface area (Å²) in [5.41, 5.74) is 3.09. The van der Waals surface area contributed by atoms with Crippen LogP contribution < -0.4 is 4.74 Å². The van der Waals surface area contributed by atoms with Gasteiger partial charge < -0.3 is 9.47 Å². The van der Waals surface area contributed by atoms with Crippen molar-refractivity contribution < 1.29 is 14.3 Å². The first-order valence-electron chi connectivity index (χ1n) is 9.89. The summed E-state index contributed by atoms with van der Waals surface area (Å²) in [6.45, 7) is 4.22. The maximum Gasteiger partial charge on any atom is 0.302 e. The van der Waals surface area contributed by atoms with E-state index >= 15 is 0 Å². The molecule has 0 saturated heterocycles. The molecule has 0 aromatic heterocycles. The molecule has 0 heterocycles. The Balaban J connectivity index is 1.57. The van der Waals surface area contributed by atoms with Gasteiger partial charge in [0.2, 0.25) is 0 Å². The topological polar surface area (TPSA) is 35.5 Å². The number of hydrogen-bond acceptors (Lipinski definition) is 3. The van der Waals surface area contributed by atoms with Crippen molar-refractivity contribution in [3.63, 3.8) is 0 Å². The van der Waals surface area contributed by atoms with Crippen LogP contribution in [0.3, 0.4) is 0 Å². The molecule has 5 atom stereocenters. The third kappa shape index (κ3) is 2.80. The first kappa shape index (κ1) is 17.5. The third-order valence-corrected chi connectivity index (χ3v) is 7.24. The van der Waals surface area contributed by atoms with E-state index in [9.17, 15) is 4.79 Å². The number of hydrogen-bond donors (Lipinski definition) is 0. The van der Waals surface area contributed by atoms with E-state index in [1.807, 2.05) is 0 Å². The number of esters is 1. The highest BCUT2D eigenvalue weighted by Gasteiger charge is 2.56. The van der Waals surface area contributed by atoms with E-state index in [1.54, 1.807) is 6.92 Å². The highest BCUT2D eigenvalue weighted by Crippen LogP contribution is 2.61.